The standard InChI is InChI=1S/C12H20N2O2/c1-5-10(6-2)14-9(4)11(8-13-14)12(15)16-7-3/h8,10H,5-7H2,1-4H3. The Balaban J connectivity index is 2.95. The molecule has 0 radical (unpaired) electrons. The molecule has 0 spiro atoms. The van der Waals surface area contributed by atoms with Crippen LogP contribution in [-0.4, -0.2) is 22.4 Å². The minimum atomic E-state index is -0.280. The molecule has 0 atom stereocenters. The van der Waals surface area contributed by atoms with Gasteiger partial charge in [-0.15, -0.1) is 0 Å². The average molecular weight is 224 g/mol. The lowest BCUT2D eigenvalue weighted by Gasteiger charge is -2.15. The molecule has 0 aliphatic rings. The molecular weight excluding hydrogens is 204 g/mol. The summed E-state index contributed by atoms with van der Waals surface area (Å²) in [6.45, 7) is 8.36. The number of rotatable bonds is 5. The number of aromatic nitrogens is 2. The zero-order valence-electron chi connectivity index (χ0n) is 10.5. The molecular formula is C12H20N2O2. The number of hydrogen-bond acceptors (Lipinski definition) is 3. The maximum absolute atomic E-state index is 11.6. The highest BCUT2D eigenvalue weighted by Gasteiger charge is 2.18. The van der Waals surface area contributed by atoms with Gasteiger partial charge in [0.25, 0.3) is 0 Å². The second kappa shape index (κ2) is 5.68. The molecule has 0 amide bonds. The van der Waals surface area contributed by atoms with Crippen molar-refractivity contribution in [1.29, 1.82) is 0 Å². The van der Waals surface area contributed by atoms with Crippen molar-refractivity contribution in [2.24, 2.45) is 0 Å². The fourth-order valence-corrected chi connectivity index (χ4v) is 1.84. The Morgan fingerprint density at radius 3 is 2.56 bits per heavy atom. The van der Waals surface area contributed by atoms with Crippen LogP contribution in [0, 0.1) is 6.92 Å². The lowest BCUT2D eigenvalue weighted by Crippen LogP contribution is -2.12. The molecule has 0 unspecified atom stereocenters. The summed E-state index contributed by atoms with van der Waals surface area (Å²) in [5, 5.41) is 4.28. The van der Waals surface area contributed by atoms with E-state index in [9.17, 15) is 4.79 Å². The first-order chi connectivity index (χ1) is 7.65. The van der Waals surface area contributed by atoms with Crippen LogP contribution in [0.4, 0.5) is 0 Å². The fourth-order valence-electron chi connectivity index (χ4n) is 1.84. The van der Waals surface area contributed by atoms with Gasteiger partial charge < -0.3 is 4.74 Å². The maximum atomic E-state index is 11.6. The number of carbonyl (C=O) groups excluding carboxylic acids is 1. The van der Waals surface area contributed by atoms with Crippen LogP contribution < -0.4 is 0 Å². The molecule has 1 heterocycles. The van der Waals surface area contributed by atoms with E-state index in [1.807, 2.05) is 11.6 Å². The minimum absolute atomic E-state index is 0.280. The van der Waals surface area contributed by atoms with Crippen molar-refractivity contribution in [1.82, 2.24) is 9.78 Å². The number of nitrogens with zero attached hydrogens (tertiary/aromatic N) is 2. The van der Waals surface area contributed by atoms with Crippen molar-refractivity contribution in [2.45, 2.75) is 46.6 Å². The van der Waals surface area contributed by atoms with Crippen LogP contribution >= 0.6 is 0 Å². The fraction of sp³-hybridized carbons (Fsp3) is 0.667. The first kappa shape index (κ1) is 12.7. The third-order valence-electron chi connectivity index (χ3n) is 2.83. The predicted octanol–water partition coefficient (Wildman–Crippen LogP) is 2.73. The molecule has 4 nitrogen and oxygen atoms in total. The maximum Gasteiger partial charge on any atom is 0.341 e. The number of esters is 1. The number of carbonyl (C=O) groups is 1. The van der Waals surface area contributed by atoms with Crippen molar-refractivity contribution in [3.63, 3.8) is 0 Å². The monoisotopic (exact) mass is 224 g/mol. The summed E-state index contributed by atoms with van der Waals surface area (Å²) in [5.74, 6) is -0.280. The summed E-state index contributed by atoms with van der Waals surface area (Å²) < 4.78 is 6.90. The van der Waals surface area contributed by atoms with Gasteiger partial charge in [0.15, 0.2) is 0 Å². The summed E-state index contributed by atoms with van der Waals surface area (Å²) in [5.41, 5.74) is 1.47. The van der Waals surface area contributed by atoms with Crippen LogP contribution in [0.2, 0.25) is 0 Å². The second-order valence-corrected chi connectivity index (χ2v) is 3.78. The summed E-state index contributed by atoms with van der Waals surface area (Å²) in [4.78, 5) is 11.6. The van der Waals surface area contributed by atoms with Crippen molar-refractivity contribution in [3.05, 3.63) is 17.5 Å². The van der Waals surface area contributed by atoms with E-state index in [0.29, 0.717) is 18.2 Å². The van der Waals surface area contributed by atoms with Crippen LogP contribution in [-0.2, 0) is 4.74 Å². The van der Waals surface area contributed by atoms with Gasteiger partial charge in [0.2, 0.25) is 0 Å². The van der Waals surface area contributed by atoms with Crippen molar-refractivity contribution in [3.8, 4) is 0 Å². The summed E-state index contributed by atoms with van der Waals surface area (Å²) in [6.07, 6.45) is 3.63. The van der Waals surface area contributed by atoms with E-state index in [0.717, 1.165) is 18.5 Å². The molecule has 0 saturated heterocycles. The first-order valence-electron chi connectivity index (χ1n) is 5.86. The third kappa shape index (κ3) is 2.43. The zero-order chi connectivity index (χ0) is 12.1. The van der Waals surface area contributed by atoms with Gasteiger partial charge in [-0.25, -0.2) is 4.79 Å². The van der Waals surface area contributed by atoms with Gasteiger partial charge in [-0.1, -0.05) is 13.8 Å². The Labute approximate surface area is 96.6 Å². The molecule has 1 aromatic heterocycles. The van der Waals surface area contributed by atoms with Crippen molar-refractivity contribution in [2.75, 3.05) is 6.61 Å². The minimum Gasteiger partial charge on any atom is -0.462 e. The van der Waals surface area contributed by atoms with Gasteiger partial charge in [0.1, 0.15) is 5.56 Å². The molecule has 16 heavy (non-hydrogen) atoms. The molecule has 0 aliphatic carbocycles. The lowest BCUT2D eigenvalue weighted by atomic mass is 10.1. The van der Waals surface area contributed by atoms with E-state index in [1.165, 1.54) is 0 Å². The van der Waals surface area contributed by atoms with E-state index < -0.39 is 0 Å². The smallest absolute Gasteiger partial charge is 0.341 e. The molecule has 0 fully saturated rings. The normalized spacial score (nSPS) is 10.8. The molecule has 0 aromatic carbocycles. The molecule has 1 rings (SSSR count). The van der Waals surface area contributed by atoms with Gasteiger partial charge in [-0.05, 0) is 26.7 Å². The highest BCUT2D eigenvalue weighted by Crippen LogP contribution is 2.19. The largest absolute Gasteiger partial charge is 0.462 e. The quantitative estimate of drug-likeness (QED) is 0.722. The third-order valence-corrected chi connectivity index (χ3v) is 2.83. The Morgan fingerprint density at radius 1 is 1.44 bits per heavy atom. The summed E-state index contributed by atoms with van der Waals surface area (Å²) in [7, 11) is 0. The van der Waals surface area contributed by atoms with Gasteiger partial charge in [-0.2, -0.15) is 5.10 Å². The predicted molar refractivity (Wildman–Crippen MR) is 62.5 cm³/mol. The number of ether oxygens (including phenoxy) is 1. The van der Waals surface area contributed by atoms with E-state index >= 15 is 0 Å². The van der Waals surface area contributed by atoms with E-state index in [1.54, 1.807) is 13.1 Å². The number of hydrogen-bond donors (Lipinski definition) is 0. The van der Waals surface area contributed by atoms with Gasteiger partial charge in [0.05, 0.1) is 24.5 Å². The van der Waals surface area contributed by atoms with Crippen molar-refractivity contribution >= 4 is 5.97 Å². The summed E-state index contributed by atoms with van der Waals surface area (Å²) >= 11 is 0. The Hall–Kier alpha value is -1.32. The molecule has 90 valence electrons. The Bertz CT molecular complexity index is 354. The first-order valence-corrected chi connectivity index (χ1v) is 5.86. The Kier molecular flexibility index (Phi) is 4.52. The highest BCUT2D eigenvalue weighted by molar-refractivity contribution is 5.90. The molecule has 0 N–H and O–H groups in total. The highest BCUT2D eigenvalue weighted by atomic mass is 16.5. The molecule has 4 heteroatoms. The van der Waals surface area contributed by atoms with Gasteiger partial charge in [0, 0.05) is 0 Å². The molecule has 1 aromatic rings. The molecule has 0 saturated carbocycles. The van der Waals surface area contributed by atoms with Crippen molar-refractivity contribution < 1.29 is 9.53 Å². The lowest BCUT2D eigenvalue weighted by molar-refractivity contribution is 0.0525. The van der Waals surface area contributed by atoms with E-state index in [2.05, 4.69) is 18.9 Å². The zero-order valence-corrected chi connectivity index (χ0v) is 10.5. The Morgan fingerprint density at radius 2 is 2.06 bits per heavy atom. The SMILES string of the molecule is CCOC(=O)c1cnn(C(CC)CC)c1C. The van der Waals surface area contributed by atoms with E-state index in [4.69, 9.17) is 4.74 Å². The summed E-state index contributed by atoms with van der Waals surface area (Å²) in [6, 6.07) is 0.364. The van der Waals surface area contributed by atoms with E-state index in [-0.39, 0.29) is 5.97 Å². The van der Waals surface area contributed by atoms with Crippen LogP contribution in [0.3, 0.4) is 0 Å². The molecule has 0 bridgehead atoms. The average Bonchev–Trinajstić information content (AvgIpc) is 2.63. The second-order valence-electron chi connectivity index (χ2n) is 3.78. The van der Waals surface area contributed by atoms with Gasteiger partial charge >= 0.3 is 5.97 Å². The molecule has 0 aliphatic heterocycles. The van der Waals surface area contributed by atoms with Gasteiger partial charge in [-0.3, -0.25) is 4.68 Å². The van der Waals surface area contributed by atoms with Crippen LogP contribution in [0.15, 0.2) is 6.20 Å². The van der Waals surface area contributed by atoms with Crippen LogP contribution in [0.5, 0.6) is 0 Å². The topological polar surface area (TPSA) is 44.1 Å². The van der Waals surface area contributed by atoms with Crippen LogP contribution in [0.25, 0.3) is 0 Å². The van der Waals surface area contributed by atoms with Crippen LogP contribution in [0.1, 0.15) is 55.7 Å².